The van der Waals surface area contributed by atoms with Crippen LogP contribution in [0.4, 0.5) is 0 Å². The Kier molecular flexibility index (Phi) is 6.22. The summed E-state index contributed by atoms with van der Waals surface area (Å²) in [7, 11) is 0. The Bertz CT molecular complexity index is 634. The molecule has 0 aliphatic heterocycles. The van der Waals surface area contributed by atoms with Gasteiger partial charge in [0.25, 0.3) is 0 Å². The van der Waals surface area contributed by atoms with Gasteiger partial charge in [-0.2, -0.15) is 0 Å². The van der Waals surface area contributed by atoms with E-state index in [0.29, 0.717) is 13.2 Å². The number of hydrogen-bond donors (Lipinski definition) is 0. The number of fused-ring (bicyclic) bond motifs is 1. The summed E-state index contributed by atoms with van der Waals surface area (Å²) in [5, 5.41) is 0.255. The molecular formula is C18H21ClO4. The van der Waals surface area contributed by atoms with Crippen LogP contribution in [0.3, 0.4) is 0 Å². The summed E-state index contributed by atoms with van der Waals surface area (Å²) >= 11 is 6.11. The lowest BCUT2D eigenvalue weighted by atomic mass is 9.92. The van der Waals surface area contributed by atoms with Gasteiger partial charge in [-0.05, 0) is 18.9 Å². The SMILES string of the molecule is CCCCOC1=C(OCCCC)C(=O)c2c(Cl)cccc2C1=O. The molecule has 0 saturated carbocycles. The van der Waals surface area contributed by atoms with Crippen LogP contribution in [0.2, 0.25) is 5.02 Å². The fourth-order valence-electron chi connectivity index (χ4n) is 2.29. The number of unbranched alkanes of at least 4 members (excludes halogenated alkanes) is 2. The molecule has 1 aromatic carbocycles. The molecule has 0 spiro atoms. The highest BCUT2D eigenvalue weighted by Crippen LogP contribution is 2.32. The second-order valence-corrected chi connectivity index (χ2v) is 5.79. The predicted molar refractivity (Wildman–Crippen MR) is 88.9 cm³/mol. The molecule has 0 fully saturated rings. The van der Waals surface area contributed by atoms with Crippen molar-refractivity contribution in [1.82, 2.24) is 0 Å². The highest BCUT2D eigenvalue weighted by atomic mass is 35.5. The number of ketones is 2. The number of rotatable bonds is 8. The number of Topliss-reactive ketones (excluding diaryl/α,β-unsaturated/α-hetero) is 2. The van der Waals surface area contributed by atoms with Crippen LogP contribution in [0.5, 0.6) is 0 Å². The minimum Gasteiger partial charge on any atom is -0.486 e. The van der Waals surface area contributed by atoms with Gasteiger partial charge in [0.15, 0.2) is 0 Å². The van der Waals surface area contributed by atoms with Crippen molar-refractivity contribution < 1.29 is 19.1 Å². The molecule has 124 valence electrons. The Labute approximate surface area is 141 Å². The van der Waals surface area contributed by atoms with Crippen LogP contribution in [-0.2, 0) is 9.47 Å². The van der Waals surface area contributed by atoms with E-state index in [4.69, 9.17) is 21.1 Å². The van der Waals surface area contributed by atoms with Gasteiger partial charge in [-0.3, -0.25) is 9.59 Å². The van der Waals surface area contributed by atoms with Gasteiger partial charge >= 0.3 is 0 Å². The standard InChI is InChI=1S/C18H21ClO4/c1-3-5-10-22-17-15(20)12-8-7-9-13(19)14(12)16(21)18(17)23-11-6-4-2/h7-9H,3-6,10-11H2,1-2H3. The molecule has 1 aliphatic carbocycles. The van der Waals surface area contributed by atoms with Gasteiger partial charge in [-0.15, -0.1) is 0 Å². The van der Waals surface area contributed by atoms with Crippen molar-refractivity contribution in [3.8, 4) is 0 Å². The van der Waals surface area contributed by atoms with Crippen LogP contribution >= 0.6 is 11.6 Å². The molecular weight excluding hydrogens is 316 g/mol. The van der Waals surface area contributed by atoms with Gasteiger partial charge in [-0.1, -0.05) is 50.4 Å². The van der Waals surface area contributed by atoms with E-state index in [1.54, 1.807) is 18.2 Å². The monoisotopic (exact) mass is 336 g/mol. The van der Waals surface area contributed by atoms with E-state index in [9.17, 15) is 9.59 Å². The molecule has 4 nitrogen and oxygen atoms in total. The van der Waals surface area contributed by atoms with Crippen molar-refractivity contribution in [2.75, 3.05) is 13.2 Å². The molecule has 0 N–H and O–H groups in total. The molecule has 0 saturated heterocycles. The van der Waals surface area contributed by atoms with Crippen LogP contribution in [-0.4, -0.2) is 24.8 Å². The third kappa shape index (κ3) is 3.75. The molecule has 0 atom stereocenters. The highest BCUT2D eigenvalue weighted by Gasteiger charge is 2.36. The van der Waals surface area contributed by atoms with E-state index in [1.165, 1.54) is 0 Å². The van der Waals surface area contributed by atoms with Crippen LogP contribution in [0.1, 0.15) is 60.2 Å². The summed E-state index contributed by atoms with van der Waals surface area (Å²) < 4.78 is 11.2. The zero-order valence-electron chi connectivity index (χ0n) is 13.5. The van der Waals surface area contributed by atoms with Crippen molar-refractivity contribution in [3.63, 3.8) is 0 Å². The summed E-state index contributed by atoms with van der Waals surface area (Å²) in [6, 6.07) is 4.84. The van der Waals surface area contributed by atoms with Crippen LogP contribution in [0, 0.1) is 0 Å². The van der Waals surface area contributed by atoms with Crippen molar-refractivity contribution in [3.05, 3.63) is 45.9 Å². The first-order valence-corrected chi connectivity index (χ1v) is 8.37. The smallest absolute Gasteiger partial charge is 0.233 e. The Morgan fingerprint density at radius 3 is 2.04 bits per heavy atom. The van der Waals surface area contributed by atoms with Crippen LogP contribution < -0.4 is 0 Å². The molecule has 0 amide bonds. The Balaban J connectivity index is 2.39. The molecule has 5 heteroatoms. The third-order valence-corrected chi connectivity index (χ3v) is 3.91. The molecule has 0 unspecified atom stereocenters. The zero-order chi connectivity index (χ0) is 16.8. The van der Waals surface area contributed by atoms with Crippen molar-refractivity contribution in [1.29, 1.82) is 0 Å². The zero-order valence-corrected chi connectivity index (χ0v) is 14.2. The van der Waals surface area contributed by atoms with Gasteiger partial charge in [-0.25, -0.2) is 0 Å². The van der Waals surface area contributed by atoms with Gasteiger partial charge in [0, 0.05) is 5.56 Å². The van der Waals surface area contributed by atoms with E-state index < -0.39 is 0 Å². The average molecular weight is 337 g/mol. The largest absolute Gasteiger partial charge is 0.486 e. The molecule has 0 radical (unpaired) electrons. The Morgan fingerprint density at radius 1 is 0.913 bits per heavy atom. The van der Waals surface area contributed by atoms with Crippen LogP contribution in [0.25, 0.3) is 0 Å². The Morgan fingerprint density at radius 2 is 1.48 bits per heavy atom. The summed E-state index contributed by atoms with van der Waals surface area (Å²) in [4.78, 5) is 25.4. The number of hydrogen-bond acceptors (Lipinski definition) is 4. The fraction of sp³-hybridized carbons (Fsp3) is 0.444. The normalized spacial score (nSPS) is 14.0. The topological polar surface area (TPSA) is 52.6 Å². The second-order valence-electron chi connectivity index (χ2n) is 5.38. The number of benzene rings is 1. The third-order valence-electron chi connectivity index (χ3n) is 3.59. The summed E-state index contributed by atoms with van der Waals surface area (Å²) in [5.74, 6) is -0.730. The maximum absolute atomic E-state index is 12.7. The summed E-state index contributed by atoms with van der Waals surface area (Å²) in [6.07, 6.45) is 3.46. The van der Waals surface area contributed by atoms with E-state index in [-0.39, 0.29) is 39.2 Å². The minimum atomic E-state index is -0.382. The lowest BCUT2D eigenvalue weighted by molar-refractivity contribution is 0.0746. The van der Waals surface area contributed by atoms with Gasteiger partial charge in [0.2, 0.25) is 23.1 Å². The second kappa shape index (κ2) is 8.16. The quantitative estimate of drug-likeness (QED) is 0.653. The number of allylic oxidation sites excluding steroid dienone is 2. The number of carbonyl (C=O) groups excluding carboxylic acids is 2. The molecule has 0 aromatic heterocycles. The first kappa shape index (κ1) is 17.5. The van der Waals surface area contributed by atoms with Gasteiger partial charge in [0.1, 0.15) is 0 Å². The number of carbonyl (C=O) groups is 2. The number of halogens is 1. The molecule has 1 aromatic rings. The molecule has 0 bridgehead atoms. The fourth-order valence-corrected chi connectivity index (χ4v) is 2.55. The highest BCUT2D eigenvalue weighted by molar-refractivity contribution is 6.38. The maximum Gasteiger partial charge on any atom is 0.233 e. The van der Waals surface area contributed by atoms with Crippen LogP contribution in [0.15, 0.2) is 29.7 Å². The first-order valence-electron chi connectivity index (χ1n) is 7.99. The Hall–Kier alpha value is -1.81. The minimum absolute atomic E-state index is 0.00863. The van der Waals surface area contributed by atoms with E-state index >= 15 is 0 Å². The average Bonchev–Trinajstić information content (AvgIpc) is 2.54. The lowest BCUT2D eigenvalue weighted by Gasteiger charge is -2.22. The maximum atomic E-state index is 12.7. The molecule has 1 aliphatic rings. The van der Waals surface area contributed by atoms with Crippen molar-refractivity contribution in [2.45, 2.75) is 39.5 Å². The van der Waals surface area contributed by atoms with E-state index in [0.717, 1.165) is 25.7 Å². The first-order chi connectivity index (χ1) is 11.1. The van der Waals surface area contributed by atoms with Crippen molar-refractivity contribution >= 4 is 23.2 Å². The lowest BCUT2D eigenvalue weighted by Crippen LogP contribution is -2.26. The summed E-state index contributed by atoms with van der Waals surface area (Å²) in [5.41, 5.74) is 0.477. The predicted octanol–water partition coefficient (Wildman–Crippen LogP) is 4.56. The molecule has 2 rings (SSSR count). The van der Waals surface area contributed by atoms with Crippen molar-refractivity contribution in [2.24, 2.45) is 0 Å². The molecule has 23 heavy (non-hydrogen) atoms. The summed E-state index contributed by atoms with van der Waals surface area (Å²) in [6.45, 7) is 4.79. The number of ether oxygens (including phenoxy) is 2. The van der Waals surface area contributed by atoms with E-state index in [2.05, 4.69) is 0 Å². The van der Waals surface area contributed by atoms with E-state index in [1.807, 2.05) is 13.8 Å². The van der Waals surface area contributed by atoms with Gasteiger partial charge in [0.05, 0.1) is 23.8 Å². The molecule has 0 heterocycles. The van der Waals surface area contributed by atoms with Gasteiger partial charge < -0.3 is 9.47 Å².